The molecule has 1 aromatic rings. The summed E-state index contributed by atoms with van der Waals surface area (Å²) in [4.78, 5) is 11.5. The summed E-state index contributed by atoms with van der Waals surface area (Å²) in [7, 11) is 0. The number of nitrogens with one attached hydrogen (secondary N) is 1. The number of amides is 1. The van der Waals surface area contributed by atoms with E-state index >= 15 is 0 Å². The molecule has 1 rings (SSSR count). The van der Waals surface area contributed by atoms with E-state index in [4.69, 9.17) is 0 Å². The van der Waals surface area contributed by atoms with Crippen molar-refractivity contribution in [2.24, 2.45) is 0 Å². The van der Waals surface area contributed by atoms with E-state index in [0.717, 1.165) is 0 Å². The highest BCUT2D eigenvalue weighted by atomic mass is 19.4. The van der Waals surface area contributed by atoms with Gasteiger partial charge in [0.15, 0.2) is 0 Å². The van der Waals surface area contributed by atoms with Crippen molar-refractivity contribution in [2.45, 2.75) is 24.1 Å². The van der Waals surface area contributed by atoms with Crippen LogP contribution in [-0.4, -0.2) is 43.2 Å². The predicted octanol–water partition coefficient (Wildman–Crippen LogP) is 3.86. The van der Waals surface area contributed by atoms with Crippen molar-refractivity contribution < 1.29 is 49.0 Å². The van der Waals surface area contributed by atoms with Crippen LogP contribution in [0.3, 0.4) is 0 Å². The number of alkyl halides is 9. The Morgan fingerprint density at radius 2 is 1.28 bits per heavy atom. The number of rotatable bonds is 5. The van der Waals surface area contributed by atoms with E-state index in [1.54, 1.807) is 0 Å². The van der Waals surface area contributed by atoms with Gasteiger partial charge in [0.2, 0.25) is 0 Å². The van der Waals surface area contributed by atoms with Crippen LogP contribution in [0, 0.1) is 0 Å². The Labute approximate surface area is 134 Å². The molecule has 0 aliphatic rings. The van der Waals surface area contributed by atoms with E-state index in [2.05, 4.69) is 4.74 Å². The highest BCUT2D eigenvalue weighted by Crippen LogP contribution is 2.54. The van der Waals surface area contributed by atoms with Gasteiger partial charge in [-0.15, -0.1) is 0 Å². The molecule has 1 N–H and O–H groups in total. The fraction of sp³-hybridized carbons (Fsp3) is 0.462. The minimum Gasteiger partial charge on any atom is -0.350 e. The lowest BCUT2D eigenvalue weighted by atomic mass is 10.0. The molecule has 0 atom stereocenters. The highest BCUT2D eigenvalue weighted by Gasteiger charge is 2.85. The standard InChI is InChI=1S/C13H10F9NO2/c14-11(15,16)10(12(17,18)19,13(20,21)22)25-7-6-23-9(24)8-4-2-1-3-5-8/h1-5H,6-7H2,(H,23,24). The molecule has 3 nitrogen and oxygen atoms in total. The van der Waals surface area contributed by atoms with Crippen molar-refractivity contribution in [1.29, 1.82) is 0 Å². The van der Waals surface area contributed by atoms with E-state index in [-0.39, 0.29) is 5.56 Å². The van der Waals surface area contributed by atoms with Gasteiger partial charge in [-0.2, -0.15) is 39.5 Å². The SMILES string of the molecule is O=C(NCCOC(C(F)(F)F)(C(F)(F)F)C(F)(F)F)c1ccccc1. The van der Waals surface area contributed by atoms with E-state index in [9.17, 15) is 44.3 Å². The zero-order valence-electron chi connectivity index (χ0n) is 12.0. The molecule has 142 valence electrons. The van der Waals surface area contributed by atoms with Gasteiger partial charge in [-0.25, -0.2) is 0 Å². The van der Waals surface area contributed by atoms with Crippen LogP contribution < -0.4 is 5.32 Å². The third kappa shape index (κ3) is 4.35. The van der Waals surface area contributed by atoms with E-state index in [0.29, 0.717) is 0 Å². The first kappa shape index (κ1) is 21.1. The van der Waals surface area contributed by atoms with Crippen molar-refractivity contribution in [3.63, 3.8) is 0 Å². The lowest BCUT2D eigenvalue weighted by Gasteiger charge is -2.38. The second-order valence-corrected chi connectivity index (χ2v) is 4.64. The van der Waals surface area contributed by atoms with Gasteiger partial charge in [0.1, 0.15) is 0 Å². The summed E-state index contributed by atoms with van der Waals surface area (Å²) >= 11 is 0. The Kier molecular flexibility index (Phi) is 5.98. The van der Waals surface area contributed by atoms with Crippen LogP contribution in [0.25, 0.3) is 0 Å². The monoisotopic (exact) mass is 383 g/mol. The smallest absolute Gasteiger partial charge is 0.350 e. The first-order valence-corrected chi connectivity index (χ1v) is 6.41. The quantitative estimate of drug-likeness (QED) is 0.620. The molecule has 0 bridgehead atoms. The molecular weight excluding hydrogens is 373 g/mol. The lowest BCUT2D eigenvalue weighted by molar-refractivity contribution is -0.456. The van der Waals surface area contributed by atoms with Crippen LogP contribution in [0.15, 0.2) is 30.3 Å². The van der Waals surface area contributed by atoms with E-state index in [1.165, 1.54) is 30.3 Å². The van der Waals surface area contributed by atoms with E-state index < -0.39 is 43.2 Å². The molecule has 0 fully saturated rings. The largest absolute Gasteiger partial charge is 0.435 e. The summed E-state index contributed by atoms with van der Waals surface area (Å²) < 4.78 is 116. The zero-order valence-corrected chi connectivity index (χ0v) is 12.0. The molecule has 12 heteroatoms. The first-order chi connectivity index (χ1) is 11.2. The van der Waals surface area contributed by atoms with Crippen molar-refractivity contribution in [1.82, 2.24) is 5.32 Å². The maximum absolute atomic E-state index is 12.6. The van der Waals surface area contributed by atoms with Gasteiger partial charge in [-0.05, 0) is 12.1 Å². The van der Waals surface area contributed by atoms with Gasteiger partial charge in [0.25, 0.3) is 5.91 Å². The molecule has 0 unspecified atom stereocenters. The summed E-state index contributed by atoms with van der Waals surface area (Å²) in [5.74, 6) is -0.902. The van der Waals surface area contributed by atoms with Crippen LogP contribution in [0.2, 0.25) is 0 Å². The summed E-state index contributed by atoms with van der Waals surface area (Å²) in [6, 6.07) is 6.94. The number of carbonyl (C=O) groups excluding carboxylic acids is 1. The molecule has 0 aliphatic heterocycles. The molecule has 0 spiro atoms. The molecule has 0 radical (unpaired) electrons. The predicted molar refractivity (Wildman–Crippen MR) is 65.6 cm³/mol. The van der Waals surface area contributed by atoms with Crippen molar-refractivity contribution >= 4 is 5.91 Å². The van der Waals surface area contributed by atoms with Gasteiger partial charge in [-0.1, -0.05) is 18.2 Å². The van der Waals surface area contributed by atoms with Crippen LogP contribution in [-0.2, 0) is 4.74 Å². The zero-order chi connectivity index (χ0) is 19.5. The fourth-order valence-electron chi connectivity index (χ4n) is 1.79. The summed E-state index contributed by atoms with van der Waals surface area (Å²) in [6.45, 7) is -2.67. The number of benzene rings is 1. The third-order valence-electron chi connectivity index (χ3n) is 2.94. The summed E-state index contributed by atoms with van der Waals surface area (Å²) in [5.41, 5.74) is -6.33. The number of hydrogen-bond acceptors (Lipinski definition) is 2. The Hall–Kier alpha value is -1.98. The van der Waals surface area contributed by atoms with Gasteiger partial charge >= 0.3 is 24.1 Å². The molecule has 1 amide bonds. The topological polar surface area (TPSA) is 38.3 Å². The number of hydrogen-bond donors (Lipinski definition) is 1. The Balaban J connectivity index is 2.86. The minimum atomic E-state index is -6.80. The second-order valence-electron chi connectivity index (χ2n) is 4.64. The molecular formula is C13H10F9NO2. The fourth-order valence-corrected chi connectivity index (χ4v) is 1.79. The molecule has 0 saturated heterocycles. The average Bonchev–Trinajstić information content (AvgIpc) is 2.43. The maximum atomic E-state index is 12.6. The molecule has 25 heavy (non-hydrogen) atoms. The molecule has 0 aromatic heterocycles. The number of halogens is 9. The second kappa shape index (κ2) is 7.10. The van der Waals surface area contributed by atoms with Crippen molar-refractivity contribution in [3.05, 3.63) is 35.9 Å². The Bertz CT molecular complexity index is 542. The lowest BCUT2D eigenvalue weighted by Crippen LogP contribution is -2.68. The van der Waals surface area contributed by atoms with Gasteiger partial charge in [-0.3, -0.25) is 4.79 Å². The van der Waals surface area contributed by atoms with E-state index in [1.807, 2.05) is 5.32 Å². The Morgan fingerprint density at radius 3 is 1.68 bits per heavy atom. The summed E-state index contributed by atoms with van der Waals surface area (Å²) in [6.07, 6.45) is -20.4. The van der Waals surface area contributed by atoms with Crippen LogP contribution in [0.1, 0.15) is 10.4 Å². The van der Waals surface area contributed by atoms with Crippen LogP contribution in [0.4, 0.5) is 39.5 Å². The number of carbonyl (C=O) groups is 1. The molecule has 0 saturated carbocycles. The van der Waals surface area contributed by atoms with Crippen LogP contribution >= 0.6 is 0 Å². The first-order valence-electron chi connectivity index (χ1n) is 6.41. The average molecular weight is 383 g/mol. The van der Waals surface area contributed by atoms with Crippen molar-refractivity contribution in [2.75, 3.05) is 13.2 Å². The van der Waals surface area contributed by atoms with Crippen molar-refractivity contribution in [3.8, 4) is 0 Å². The Morgan fingerprint density at radius 1 is 0.840 bits per heavy atom. The minimum absolute atomic E-state index is 0.0104. The molecule has 0 heterocycles. The number of ether oxygens (including phenoxy) is 1. The third-order valence-corrected chi connectivity index (χ3v) is 2.94. The summed E-state index contributed by atoms with van der Waals surface area (Å²) in [5, 5.41) is 1.86. The molecule has 1 aromatic carbocycles. The maximum Gasteiger partial charge on any atom is 0.435 e. The normalized spacial score (nSPS) is 13.6. The van der Waals surface area contributed by atoms with Gasteiger partial charge in [0.05, 0.1) is 6.61 Å². The van der Waals surface area contributed by atoms with Gasteiger partial charge in [0, 0.05) is 12.1 Å². The molecule has 0 aliphatic carbocycles. The van der Waals surface area contributed by atoms with Crippen LogP contribution in [0.5, 0.6) is 0 Å². The highest BCUT2D eigenvalue weighted by molar-refractivity contribution is 5.94. The van der Waals surface area contributed by atoms with Gasteiger partial charge < -0.3 is 10.1 Å².